The maximum absolute atomic E-state index is 12.2. The van der Waals surface area contributed by atoms with Crippen molar-refractivity contribution in [2.45, 2.75) is 104 Å². The van der Waals surface area contributed by atoms with Gasteiger partial charge in [0.1, 0.15) is 5.60 Å². The van der Waals surface area contributed by atoms with Crippen LogP contribution in [-0.4, -0.2) is 27.7 Å². The van der Waals surface area contributed by atoms with Gasteiger partial charge in [-0.1, -0.05) is 44.1 Å². The number of carbonyl (C=O) groups is 1. The third kappa shape index (κ3) is 3.35. The Kier molecular flexibility index (Phi) is 5.63. The molecule has 0 aromatic heterocycles. The molecule has 0 amide bonds. The molecule has 0 aromatic carbocycles. The van der Waals surface area contributed by atoms with Gasteiger partial charge in [0, 0.05) is 11.8 Å². The van der Waals surface area contributed by atoms with E-state index in [-0.39, 0.29) is 17.3 Å². The van der Waals surface area contributed by atoms with Gasteiger partial charge >= 0.3 is 0 Å². The van der Waals surface area contributed by atoms with Crippen molar-refractivity contribution in [3.63, 3.8) is 0 Å². The molecular weight excluding hydrogens is 372 g/mol. The predicted octanol–water partition coefficient (Wildman–Crippen LogP) is 5.60. The van der Waals surface area contributed by atoms with Crippen molar-refractivity contribution in [2.75, 3.05) is 0 Å². The molecule has 3 heteroatoms. The molecule has 0 bridgehead atoms. The van der Waals surface area contributed by atoms with Crippen LogP contribution in [0.25, 0.3) is 0 Å². The Morgan fingerprint density at radius 3 is 2.60 bits per heavy atom. The van der Waals surface area contributed by atoms with E-state index in [1.54, 1.807) is 19.4 Å². The van der Waals surface area contributed by atoms with Crippen LogP contribution in [0.5, 0.6) is 0 Å². The first-order valence-electron chi connectivity index (χ1n) is 12.3. The average Bonchev–Trinajstić information content (AvgIpc) is 3.03. The number of fused-ring (bicyclic) bond motifs is 5. The first-order valence-corrected chi connectivity index (χ1v) is 12.3. The van der Waals surface area contributed by atoms with Crippen molar-refractivity contribution < 1.29 is 15.0 Å². The van der Waals surface area contributed by atoms with Crippen molar-refractivity contribution in [1.29, 1.82) is 0 Å². The number of Topliss-reactive ketones (excluding diaryl/α,β-unsaturated/α-hetero) is 1. The van der Waals surface area contributed by atoms with Crippen LogP contribution < -0.4 is 0 Å². The molecule has 4 aliphatic rings. The van der Waals surface area contributed by atoms with Crippen LogP contribution in [0.15, 0.2) is 23.3 Å². The first-order chi connectivity index (χ1) is 14.0. The summed E-state index contributed by atoms with van der Waals surface area (Å²) in [6.07, 6.45) is 14.0. The molecule has 0 aromatic rings. The van der Waals surface area contributed by atoms with Crippen molar-refractivity contribution >= 4 is 5.78 Å². The molecule has 3 fully saturated rings. The van der Waals surface area contributed by atoms with Crippen LogP contribution in [0.1, 0.15) is 92.4 Å². The zero-order chi connectivity index (χ0) is 21.9. The van der Waals surface area contributed by atoms with E-state index in [1.165, 1.54) is 31.3 Å². The topological polar surface area (TPSA) is 57.5 Å². The smallest absolute Gasteiger partial charge is 0.163 e. The molecule has 4 aliphatic carbocycles. The van der Waals surface area contributed by atoms with Crippen LogP contribution in [0, 0.1) is 34.5 Å². The van der Waals surface area contributed by atoms with Gasteiger partial charge in [-0.25, -0.2) is 0 Å². The summed E-state index contributed by atoms with van der Waals surface area (Å²) in [6, 6.07) is 0. The summed E-state index contributed by atoms with van der Waals surface area (Å²) < 4.78 is 0. The van der Waals surface area contributed by atoms with Crippen LogP contribution in [0.2, 0.25) is 0 Å². The Morgan fingerprint density at radius 2 is 1.90 bits per heavy atom. The highest BCUT2D eigenvalue weighted by atomic mass is 16.3. The summed E-state index contributed by atoms with van der Waals surface area (Å²) >= 11 is 0. The van der Waals surface area contributed by atoms with E-state index in [1.807, 2.05) is 0 Å². The fourth-order valence-electron chi connectivity index (χ4n) is 7.90. The standard InChI is InChI=1S/C27H42O3/c1-17(9-14-23(28)25(2,3)30)20-12-13-21-19-11-10-18-7-6-8-24(29)27(18,5)22(19)15-16-26(20,21)4/h10-11,17,20-22,24,29-30H,6-9,12-16H2,1-5H3/t17-,20-,21+,22+,24+,26-,27+/m1/s1. The third-order valence-electron chi connectivity index (χ3n) is 9.89. The zero-order valence-corrected chi connectivity index (χ0v) is 19.7. The average molecular weight is 415 g/mol. The summed E-state index contributed by atoms with van der Waals surface area (Å²) in [7, 11) is 0. The number of ketones is 1. The number of aliphatic hydroxyl groups excluding tert-OH is 1. The van der Waals surface area contributed by atoms with Crippen molar-refractivity contribution in [3.05, 3.63) is 23.3 Å². The van der Waals surface area contributed by atoms with Gasteiger partial charge in [0.05, 0.1) is 6.10 Å². The monoisotopic (exact) mass is 414 g/mol. The number of rotatable bonds is 5. The van der Waals surface area contributed by atoms with Crippen LogP contribution in [-0.2, 0) is 4.79 Å². The normalized spacial score (nSPS) is 41.8. The SMILES string of the molecule is C[C@H](CCC(=O)C(C)(C)O)[C@H]1CC[C@H]2C3=CC=C4CCC[C@H](O)[C@]4(C)[C@H]3CC[C@]12C. The largest absolute Gasteiger partial charge is 0.392 e. The number of carbonyl (C=O) groups excluding carboxylic acids is 1. The van der Waals surface area contributed by atoms with Crippen LogP contribution in [0.4, 0.5) is 0 Å². The van der Waals surface area contributed by atoms with Gasteiger partial charge in [-0.3, -0.25) is 4.79 Å². The molecule has 0 spiro atoms. The Bertz CT molecular complexity index is 757. The summed E-state index contributed by atoms with van der Waals surface area (Å²) in [5.41, 5.74) is 2.10. The maximum atomic E-state index is 12.2. The molecule has 0 aliphatic heterocycles. The molecular formula is C27H42O3. The minimum Gasteiger partial charge on any atom is -0.392 e. The summed E-state index contributed by atoms with van der Waals surface area (Å²) in [5, 5.41) is 21.0. The second-order valence-electron chi connectivity index (χ2n) is 11.9. The summed E-state index contributed by atoms with van der Waals surface area (Å²) in [5.74, 6) is 2.20. The van der Waals surface area contributed by atoms with Gasteiger partial charge in [0.2, 0.25) is 0 Å². The minimum absolute atomic E-state index is 0.0374. The lowest BCUT2D eigenvalue weighted by atomic mass is 9.49. The van der Waals surface area contributed by atoms with E-state index in [9.17, 15) is 15.0 Å². The van der Waals surface area contributed by atoms with Gasteiger partial charge in [-0.15, -0.1) is 0 Å². The van der Waals surface area contributed by atoms with Gasteiger partial charge < -0.3 is 10.2 Å². The Balaban J connectivity index is 1.53. The lowest BCUT2D eigenvalue weighted by molar-refractivity contribution is -0.134. The van der Waals surface area contributed by atoms with E-state index >= 15 is 0 Å². The third-order valence-corrected chi connectivity index (χ3v) is 9.89. The van der Waals surface area contributed by atoms with Crippen LogP contribution >= 0.6 is 0 Å². The molecule has 4 rings (SSSR count). The number of aliphatic hydroxyl groups is 2. The van der Waals surface area contributed by atoms with E-state index in [0.29, 0.717) is 35.5 Å². The van der Waals surface area contributed by atoms with E-state index in [2.05, 4.69) is 32.9 Å². The zero-order valence-electron chi connectivity index (χ0n) is 19.7. The number of allylic oxidation sites excluding steroid dienone is 3. The molecule has 0 unspecified atom stereocenters. The summed E-state index contributed by atoms with van der Waals surface area (Å²) in [6.45, 7) is 10.4. The molecule has 0 saturated heterocycles. The lowest BCUT2D eigenvalue weighted by Crippen LogP contribution is -2.50. The highest BCUT2D eigenvalue weighted by Crippen LogP contribution is 2.66. The van der Waals surface area contributed by atoms with Crippen molar-refractivity contribution in [2.24, 2.45) is 34.5 Å². The van der Waals surface area contributed by atoms with Crippen molar-refractivity contribution in [1.82, 2.24) is 0 Å². The van der Waals surface area contributed by atoms with E-state index in [4.69, 9.17) is 0 Å². The fraction of sp³-hybridized carbons (Fsp3) is 0.815. The fourth-order valence-corrected chi connectivity index (χ4v) is 7.90. The van der Waals surface area contributed by atoms with E-state index in [0.717, 1.165) is 25.7 Å². The molecule has 2 N–H and O–H groups in total. The Hall–Kier alpha value is -0.930. The van der Waals surface area contributed by atoms with Gasteiger partial charge in [0.25, 0.3) is 0 Å². The minimum atomic E-state index is -1.22. The Labute approximate surface area is 183 Å². The van der Waals surface area contributed by atoms with Crippen LogP contribution in [0.3, 0.4) is 0 Å². The van der Waals surface area contributed by atoms with Gasteiger partial charge in [0.15, 0.2) is 5.78 Å². The predicted molar refractivity (Wildman–Crippen MR) is 121 cm³/mol. The molecule has 3 saturated carbocycles. The molecule has 3 nitrogen and oxygen atoms in total. The molecule has 0 heterocycles. The van der Waals surface area contributed by atoms with Gasteiger partial charge in [-0.2, -0.15) is 0 Å². The highest BCUT2D eigenvalue weighted by Gasteiger charge is 2.58. The second kappa shape index (κ2) is 7.59. The molecule has 168 valence electrons. The maximum Gasteiger partial charge on any atom is 0.163 e. The summed E-state index contributed by atoms with van der Waals surface area (Å²) in [4.78, 5) is 12.2. The Morgan fingerprint density at radius 1 is 1.17 bits per heavy atom. The van der Waals surface area contributed by atoms with Crippen molar-refractivity contribution in [3.8, 4) is 0 Å². The quantitative estimate of drug-likeness (QED) is 0.615. The van der Waals surface area contributed by atoms with Gasteiger partial charge in [-0.05, 0) is 94.3 Å². The molecule has 0 radical (unpaired) electrons. The van der Waals surface area contributed by atoms with E-state index < -0.39 is 5.60 Å². The lowest BCUT2D eigenvalue weighted by Gasteiger charge is -2.56. The second-order valence-corrected chi connectivity index (χ2v) is 11.9. The number of hydrogen-bond donors (Lipinski definition) is 2. The molecule has 30 heavy (non-hydrogen) atoms. The highest BCUT2D eigenvalue weighted by molar-refractivity contribution is 5.86. The number of hydrogen-bond acceptors (Lipinski definition) is 3. The molecule has 7 atom stereocenters. The first kappa shape index (κ1) is 22.3.